The van der Waals surface area contributed by atoms with Gasteiger partial charge in [-0.1, -0.05) is 0 Å². The van der Waals surface area contributed by atoms with Gasteiger partial charge in [-0.05, 0) is 12.1 Å². The van der Waals surface area contributed by atoms with Crippen LogP contribution in [0.15, 0.2) is 24.3 Å². The van der Waals surface area contributed by atoms with Crippen LogP contribution in [0.4, 0.5) is 18.9 Å². The molecule has 0 saturated carbocycles. The maximum atomic E-state index is 12.7. The number of aromatic nitrogens is 2. The van der Waals surface area contributed by atoms with E-state index in [1.807, 2.05) is 0 Å². The molecule has 2 aromatic rings. The van der Waals surface area contributed by atoms with Crippen LogP contribution in [0.1, 0.15) is 16.2 Å². The topological polar surface area (TPSA) is 65.4 Å². The number of fused-ring (bicyclic) bond motifs is 1. The fourth-order valence-corrected chi connectivity index (χ4v) is 2.16. The van der Waals surface area contributed by atoms with Crippen LogP contribution in [0.2, 0.25) is 0 Å². The number of ether oxygens (including phenoxy) is 2. The number of aryl methyl sites for hydroxylation is 1. The molecular weight excluding hydrogens is 315 g/mol. The first kappa shape index (κ1) is 15.2. The van der Waals surface area contributed by atoms with E-state index < -0.39 is 17.8 Å². The number of anilines is 1. The minimum atomic E-state index is -4.57. The van der Waals surface area contributed by atoms with Crippen LogP contribution in [0.5, 0.6) is 11.5 Å². The Morgan fingerprint density at radius 3 is 2.57 bits per heavy atom. The second-order valence-electron chi connectivity index (χ2n) is 4.85. The summed E-state index contributed by atoms with van der Waals surface area (Å²) in [7, 11) is 1.13. The molecule has 0 saturated heterocycles. The second kappa shape index (κ2) is 5.49. The third-order valence-corrected chi connectivity index (χ3v) is 3.20. The molecule has 1 amide bonds. The molecular formula is C14H12F3N3O3. The number of nitrogens with one attached hydrogen (secondary N) is 1. The average molecular weight is 327 g/mol. The first-order chi connectivity index (χ1) is 10.8. The molecule has 1 N–H and O–H groups in total. The number of alkyl halides is 3. The summed E-state index contributed by atoms with van der Waals surface area (Å²) < 4.78 is 49.5. The predicted molar refractivity (Wildman–Crippen MR) is 73.6 cm³/mol. The first-order valence-corrected chi connectivity index (χ1v) is 6.67. The van der Waals surface area contributed by atoms with Crippen molar-refractivity contribution in [1.82, 2.24) is 9.78 Å². The third-order valence-electron chi connectivity index (χ3n) is 3.20. The van der Waals surface area contributed by atoms with Gasteiger partial charge in [-0.2, -0.15) is 18.3 Å². The lowest BCUT2D eigenvalue weighted by molar-refractivity contribution is -0.143. The minimum absolute atomic E-state index is 0.324. The van der Waals surface area contributed by atoms with E-state index in [1.165, 1.54) is 0 Å². The molecule has 23 heavy (non-hydrogen) atoms. The van der Waals surface area contributed by atoms with Gasteiger partial charge in [0.25, 0.3) is 5.91 Å². The molecule has 1 aromatic carbocycles. The van der Waals surface area contributed by atoms with Crippen LogP contribution < -0.4 is 14.8 Å². The number of benzene rings is 1. The number of halogens is 3. The molecule has 2 heterocycles. The molecule has 6 nitrogen and oxygen atoms in total. The Labute approximate surface area is 128 Å². The maximum absolute atomic E-state index is 12.7. The van der Waals surface area contributed by atoms with Crippen molar-refractivity contribution in [2.45, 2.75) is 6.18 Å². The number of rotatable bonds is 2. The van der Waals surface area contributed by atoms with E-state index >= 15 is 0 Å². The summed E-state index contributed by atoms with van der Waals surface area (Å²) >= 11 is 0. The molecule has 0 aliphatic carbocycles. The highest BCUT2D eigenvalue weighted by atomic mass is 19.4. The zero-order chi connectivity index (χ0) is 16.6. The highest BCUT2D eigenvalue weighted by molar-refractivity contribution is 6.03. The number of amides is 1. The van der Waals surface area contributed by atoms with Gasteiger partial charge in [0.05, 0.1) is 0 Å². The van der Waals surface area contributed by atoms with E-state index in [0.29, 0.717) is 41.1 Å². The molecule has 9 heteroatoms. The zero-order valence-electron chi connectivity index (χ0n) is 12.0. The van der Waals surface area contributed by atoms with Crippen molar-refractivity contribution in [3.05, 3.63) is 35.7 Å². The number of carbonyl (C=O) groups is 1. The molecule has 1 aliphatic heterocycles. The van der Waals surface area contributed by atoms with Crippen LogP contribution in [-0.2, 0) is 13.2 Å². The second-order valence-corrected chi connectivity index (χ2v) is 4.85. The van der Waals surface area contributed by atoms with Crippen molar-refractivity contribution in [1.29, 1.82) is 0 Å². The molecule has 0 fully saturated rings. The smallest absolute Gasteiger partial charge is 0.433 e. The van der Waals surface area contributed by atoms with Gasteiger partial charge in [0.1, 0.15) is 18.9 Å². The highest BCUT2D eigenvalue weighted by Crippen LogP contribution is 2.33. The average Bonchev–Trinajstić information content (AvgIpc) is 2.89. The summed E-state index contributed by atoms with van der Waals surface area (Å²) in [4.78, 5) is 12.0. The Bertz CT molecular complexity index is 755. The third kappa shape index (κ3) is 3.08. The molecule has 1 aromatic heterocycles. The van der Waals surface area contributed by atoms with Gasteiger partial charge in [0.15, 0.2) is 17.2 Å². The van der Waals surface area contributed by atoms with Gasteiger partial charge in [-0.15, -0.1) is 0 Å². The normalized spacial score (nSPS) is 13.7. The maximum Gasteiger partial charge on any atom is 0.433 e. The largest absolute Gasteiger partial charge is 0.486 e. The first-order valence-electron chi connectivity index (χ1n) is 6.67. The lowest BCUT2D eigenvalue weighted by Crippen LogP contribution is -2.16. The van der Waals surface area contributed by atoms with Gasteiger partial charge < -0.3 is 14.8 Å². The summed E-state index contributed by atoms with van der Waals surface area (Å²) in [5, 5.41) is 6.07. The van der Waals surface area contributed by atoms with Crippen molar-refractivity contribution >= 4 is 11.6 Å². The van der Waals surface area contributed by atoms with E-state index in [0.717, 1.165) is 7.05 Å². The fourth-order valence-electron chi connectivity index (χ4n) is 2.16. The van der Waals surface area contributed by atoms with Crippen molar-refractivity contribution in [2.75, 3.05) is 18.5 Å². The van der Waals surface area contributed by atoms with Gasteiger partial charge in [0, 0.05) is 24.9 Å². The molecule has 0 atom stereocenters. The van der Waals surface area contributed by atoms with E-state index in [4.69, 9.17) is 9.47 Å². The Balaban J connectivity index is 1.79. The van der Waals surface area contributed by atoms with Crippen LogP contribution in [-0.4, -0.2) is 28.9 Å². The highest BCUT2D eigenvalue weighted by Gasteiger charge is 2.35. The molecule has 0 bridgehead atoms. The van der Waals surface area contributed by atoms with E-state index in [9.17, 15) is 18.0 Å². The van der Waals surface area contributed by atoms with Crippen molar-refractivity contribution in [3.63, 3.8) is 0 Å². The van der Waals surface area contributed by atoms with Gasteiger partial charge in [-0.25, -0.2) is 0 Å². The molecule has 0 unspecified atom stereocenters. The Morgan fingerprint density at radius 2 is 1.91 bits per heavy atom. The molecule has 1 aliphatic rings. The monoisotopic (exact) mass is 327 g/mol. The Morgan fingerprint density at radius 1 is 1.22 bits per heavy atom. The summed E-state index contributed by atoms with van der Waals surface area (Å²) in [6, 6.07) is 5.43. The van der Waals surface area contributed by atoms with Crippen LogP contribution in [0.25, 0.3) is 0 Å². The lowest BCUT2D eigenvalue weighted by Gasteiger charge is -2.18. The summed E-state index contributed by atoms with van der Waals surface area (Å²) in [5.74, 6) is 0.269. The standard InChI is InChI=1S/C14H12F3N3O3/c1-20-12(14(15,16)17)7-9(19-20)13(21)18-8-2-3-10-11(6-8)23-5-4-22-10/h2-3,6-7H,4-5H2,1H3,(H,18,21). The molecule has 122 valence electrons. The van der Waals surface area contributed by atoms with Crippen LogP contribution >= 0.6 is 0 Å². The Kier molecular flexibility index (Phi) is 3.63. The molecule has 3 rings (SSSR count). The van der Waals surface area contributed by atoms with E-state index in [1.54, 1.807) is 18.2 Å². The summed E-state index contributed by atoms with van der Waals surface area (Å²) in [5.41, 5.74) is -0.946. The van der Waals surface area contributed by atoms with Gasteiger partial charge >= 0.3 is 6.18 Å². The number of carbonyl (C=O) groups excluding carboxylic acids is 1. The SMILES string of the molecule is Cn1nc(C(=O)Nc2ccc3c(c2)OCCO3)cc1C(F)(F)F. The van der Waals surface area contributed by atoms with Crippen LogP contribution in [0, 0.1) is 0 Å². The summed E-state index contributed by atoms with van der Waals surface area (Å²) in [6.45, 7) is 0.826. The fraction of sp³-hybridized carbons (Fsp3) is 0.286. The van der Waals surface area contributed by atoms with Crippen molar-refractivity contribution in [3.8, 4) is 11.5 Å². The molecule has 0 spiro atoms. The molecule has 0 radical (unpaired) electrons. The minimum Gasteiger partial charge on any atom is -0.486 e. The quantitative estimate of drug-likeness (QED) is 0.920. The lowest BCUT2D eigenvalue weighted by atomic mass is 10.2. The number of nitrogens with zero attached hydrogens (tertiary/aromatic N) is 2. The van der Waals surface area contributed by atoms with Gasteiger partial charge in [-0.3, -0.25) is 9.48 Å². The zero-order valence-corrected chi connectivity index (χ0v) is 12.0. The Hall–Kier alpha value is -2.71. The van der Waals surface area contributed by atoms with Crippen molar-refractivity contribution < 1.29 is 27.4 Å². The van der Waals surface area contributed by atoms with E-state index in [2.05, 4.69) is 10.4 Å². The van der Waals surface area contributed by atoms with Gasteiger partial charge in [0.2, 0.25) is 0 Å². The summed E-state index contributed by atoms with van der Waals surface area (Å²) in [6.07, 6.45) is -4.57. The van der Waals surface area contributed by atoms with Crippen molar-refractivity contribution in [2.24, 2.45) is 7.05 Å². The van der Waals surface area contributed by atoms with Crippen LogP contribution in [0.3, 0.4) is 0 Å². The number of hydrogen-bond acceptors (Lipinski definition) is 4. The number of hydrogen-bond donors (Lipinski definition) is 1. The van der Waals surface area contributed by atoms with E-state index in [-0.39, 0.29) is 5.69 Å². The predicted octanol–water partition coefficient (Wildman–Crippen LogP) is 2.46.